The molecule has 1 aliphatic heterocycles. The number of hydrogen-bond donors (Lipinski definition) is 0. The van der Waals surface area contributed by atoms with Crippen LogP contribution in [-0.2, 0) is 7.05 Å². The van der Waals surface area contributed by atoms with Crippen molar-refractivity contribution in [1.82, 2.24) is 14.5 Å². The number of nitrogens with zero attached hydrogens (tertiary/aromatic N) is 5. The summed E-state index contributed by atoms with van der Waals surface area (Å²) >= 11 is 0. The fourth-order valence-corrected chi connectivity index (χ4v) is 5.34. The third kappa shape index (κ3) is 5.31. The molecule has 3 heterocycles. The summed E-state index contributed by atoms with van der Waals surface area (Å²) in [7, 11) is 1.66. The van der Waals surface area contributed by atoms with E-state index in [0.717, 1.165) is 18.6 Å². The number of benzene rings is 1. The summed E-state index contributed by atoms with van der Waals surface area (Å²) in [6.07, 6.45) is -3.64. The number of hydrogen-bond acceptors (Lipinski definition) is 6. The number of aryl methyl sites for hydroxylation is 1. The molecule has 0 radical (unpaired) electrons. The Morgan fingerprint density at radius 3 is 2.53 bits per heavy atom. The van der Waals surface area contributed by atoms with E-state index in [4.69, 9.17) is 0 Å². The number of aromatic nitrogens is 2. The number of rotatable bonds is 6. The van der Waals surface area contributed by atoms with Gasteiger partial charge in [0.1, 0.15) is 28.8 Å². The number of fused-ring (bicyclic) bond motifs is 1. The first kappa shape index (κ1) is 27.4. The molecule has 202 valence electrons. The van der Waals surface area contributed by atoms with E-state index in [1.54, 1.807) is 19.2 Å². The SMILES string of the molecule is CCC(c1ccc(OC(F)(F)F)cc1F)N1C[C@H](CC)N(c2cc(=O)n(C)c3ccc(C#N)nc23)C[C@H]1C. The molecule has 0 bridgehead atoms. The lowest BCUT2D eigenvalue weighted by molar-refractivity contribution is -0.274. The fraction of sp³-hybridized carbons (Fsp3) is 0.444. The minimum Gasteiger partial charge on any atom is -0.406 e. The maximum atomic E-state index is 15.0. The van der Waals surface area contributed by atoms with E-state index in [-0.39, 0.29) is 29.4 Å². The van der Waals surface area contributed by atoms with E-state index in [9.17, 15) is 23.2 Å². The van der Waals surface area contributed by atoms with E-state index in [1.807, 2.05) is 20.8 Å². The quantitative estimate of drug-likeness (QED) is 0.403. The second-order valence-corrected chi connectivity index (χ2v) is 9.52. The Kier molecular flexibility index (Phi) is 7.65. The highest BCUT2D eigenvalue weighted by Gasteiger charge is 2.37. The van der Waals surface area contributed by atoms with Crippen molar-refractivity contribution in [3.05, 3.63) is 63.8 Å². The normalized spacial score (nSPS) is 19.4. The van der Waals surface area contributed by atoms with Crippen LogP contribution in [0.15, 0.2) is 41.2 Å². The summed E-state index contributed by atoms with van der Waals surface area (Å²) in [6, 6.07) is 9.63. The molecule has 1 saturated heterocycles. The predicted molar refractivity (Wildman–Crippen MR) is 135 cm³/mol. The zero-order valence-electron chi connectivity index (χ0n) is 21.6. The van der Waals surface area contributed by atoms with Crippen LogP contribution in [0.5, 0.6) is 5.75 Å². The van der Waals surface area contributed by atoms with Crippen LogP contribution in [0.25, 0.3) is 11.0 Å². The van der Waals surface area contributed by atoms with Gasteiger partial charge in [0, 0.05) is 56.0 Å². The number of anilines is 1. The van der Waals surface area contributed by atoms with Crippen LogP contribution in [0.4, 0.5) is 23.2 Å². The van der Waals surface area contributed by atoms with Crippen LogP contribution in [0.1, 0.15) is 50.9 Å². The van der Waals surface area contributed by atoms with Gasteiger partial charge in [0.15, 0.2) is 0 Å². The molecule has 1 aliphatic rings. The molecule has 11 heteroatoms. The van der Waals surface area contributed by atoms with Crippen molar-refractivity contribution in [1.29, 1.82) is 5.26 Å². The molecule has 0 N–H and O–H groups in total. The highest BCUT2D eigenvalue weighted by Crippen LogP contribution is 2.36. The van der Waals surface area contributed by atoms with Crippen LogP contribution < -0.4 is 15.2 Å². The van der Waals surface area contributed by atoms with E-state index in [2.05, 4.69) is 25.6 Å². The molecule has 1 unspecified atom stereocenters. The molecule has 0 saturated carbocycles. The lowest BCUT2D eigenvalue weighted by atomic mass is 9.95. The van der Waals surface area contributed by atoms with E-state index >= 15 is 4.39 Å². The topological polar surface area (TPSA) is 74.4 Å². The van der Waals surface area contributed by atoms with Gasteiger partial charge in [-0.15, -0.1) is 13.2 Å². The molecular formula is C27H29F4N5O2. The van der Waals surface area contributed by atoms with Gasteiger partial charge in [-0.25, -0.2) is 9.37 Å². The van der Waals surface area contributed by atoms with Crippen LogP contribution in [0, 0.1) is 17.1 Å². The van der Waals surface area contributed by atoms with Gasteiger partial charge < -0.3 is 14.2 Å². The zero-order chi connectivity index (χ0) is 27.8. The van der Waals surface area contributed by atoms with Crippen LogP contribution in [0.3, 0.4) is 0 Å². The largest absolute Gasteiger partial charge is 0.573 e. The van der Waals surface area contributed by atoms with Crippen LogP contribution in [-0.4, -0.2) is 46.0 Å². The van der Waals surface area contributed by atoms with E-state index < -0.39 is 17.9 Å². The summed E-state index contributed by atoms with van der Waals surface area (Å²) in [6.45, 7) is 6.97. The fourth-order valence-electron chi connectivity index (χ4n) is 5.34. The van der Waals surface area contributed by atoms with Crippen molar-refractivity contribution in [3.63, 3.8) is 0 Å². The average Bonchev–Trinajstić information content (AvgIpc) is 2.87. The molecule has 38 heavy (non-hydrogen) atoms. The molecule has 1 aromatic carbocycles. The van der Waals surface area contributed by atoms with Crippen molar-refractivity contribution in [2.45, 2.75) is 58.1 Å². The first-order valence-corrected chi connectivity index (χ1v) is 12.5. The van der Waals surface area contributed by atoms with Gasteiger partial charge in [0.25, 0.3) is 5.56 Å². The van der Waals surface area contributed by atoms with Gasteiger partial charge in [0.05, 0.1) is 11.2 Å². The summed E-state index contributed by atoms with van der Waals surface area (Å²) in [5.41, 5.74) is 2.17. The van der Waals surface area contributed by atoms with Gasteiger partial charge in [0.2, 0.25) is 0 Å². The summed E-state index contributed by atoms with van der Waals surface area (Å²) in [5.74, 6) is -1.35. The summed E-state index contributed by atoms with van der Waals surface area (Å²) < 4.78 is 58.2. The Bertz CT molecular complexity index is 1430. The van der Waals surface area contributed by atoms with Gasteiger partial charge in [-0.3, -0.25) is 9.69 Å². The molecule has 3 aromatic rings. The van der Waals surface area contributed by atoms with Crippen LogP contribution in [0.2, 0.25) is 0 Å². The van der Waals surface area contributed by atoms with Crippen LogP contribution >= 0.6 is 0 Å². The highest BCUT2D eigenvalue weighted by atomic mass is 19.4. The average molecular weight is 532 g/mol. The lowest BCUT2D eigenvalue weighted by Crippen LogP contribution is -2.58. The number of pyridine rings is 2. The number of alkyl halides is 3. The third-order valence-electron chi connectivity index (χ3n) is 7.20. The van der Waals surface area contributed by atoms with Crippen molar-refractivity contribution in [2.24, 2.45) is 7.05 Å². The van der Waals surface area contributed by atoms with E-state index in [0.29, 0.717) is 41.8 Å². The van der Waals surface area contributed by atoms with Gasteiger partial charge in [-0.05, 0) is 38.0 Å². The Hall–Kier alpha value is -3.65. The maximum absolute atomic E-state index is 15.0. The van der Waals surface area contributed by atoms with E-state index in [1.165, 1.54) is 16.7 Å². The molecule has 3 atom stereocenters. The second kappa shape index (κ2) is 10.6. The molecule has 0 spiro atoms. The van der Waals surface area contributed by atoms with Gasteiger partial charge in [-0.2, -0.15) is 5.26 Å². The number of nitriles is 1. The minimum absolute atomic E-state index is 0.0565. The summed E-state index contributed by atoms with van der Waals surface area (Å²) in [4.78, 5) is 21.6. The molecule has 0 aliphatic carbocycles. The third-order valence-corrected chi connectivity index (χ3v) is 7.20. The molecular weight excluding hydrogens is 502 g/mol. The van der Waals surface area contributed by atoms with Crippen molar-refractivity contribution in [2.75, 3.05) is 18.0 Å². The molecule has 4 rings (SSSR count). The zero-order valence-corrected chi connectivity index (χ0v) is 21.6. The Morgan fingerprint density at radius 2 is 1.92 bits per heavy atom. The number of halogens is 4. The standard InChI is InChI=1S/C27H29F4N5O2/c1-5-18-15-35(22(6-2)20-9-8-19(11-21(20)28)38-27(29,30)31)16(3)14-36(18)24-12-25(37)34(4)23-10-7-17(13-32)33-26(23)24/h7-12,16,18,22H,5-6,14-15H2,1-4H3/t16-,18+,22?/m1/s1. The maximum Gasteiger partial charge on any atom is 0.573 e. The first-order valence-electron chi connectivity index (χ1n) is 12.5. The Balaban J connectivity index is 1.69. The Labute approximate surface area is 217 Å². The molecule has 7 nitrogen and oxygen atoms in total. The smallest absolute Gasteiger partial charge is 0.406 e. The van der Waals surface area contributed by atoms with Gasteiger partial charge in [-0.1, -0.05) is 19.9 Å². The summed E-state index contributed by atoms with van der Waals surface area (Å²) in [5, 5.41) is 9.39. The van der Waals surface area contributed by atoms with Crippen molar-refractivity contribution in [3.8, 4) is 11.8 Å². The van der Waals surface area contributed by atoms with Gasteiger partial charge >= 0.3 is 6.36 Å². The van der Waals surface area contributed by atoms with Crippen molar-refractivity contribution < 1.29 is 22.3 Å². The molecule has 2 aromatic heterocycles. The molecule has 1 fully saturated rings. The second-order valence-electron chi connectivity index (χ2n) is 9.52. The predicted octanol–water partition coefficient (Wildman–Crippen LogP) is 5.28. The van der Waals surface area contributed by atoms with Crippen molar-refractivity contribution >= 4 is 16.7 Å². The Morgan fingerprint density at radius 1 is 1.18 bits per heavy atom. The monoisotopic (exact) mass is 531 g/mol. The minimum atomic E-state index is -4.90. The first-order chi connectivity index (χ1) is 18.0. The number of ether oxygens (including phenoxy) is 1. The highest BCUT2D eigenvalue weighted by molar-refractivity contribution is 5.89. The lowest BCUT2D eigenvalue weighted by Gasteiger charge is -2.49. The number of piperazine rings is 1. The molecule has 0 amide bonds.